The Morgan fingerprint density at radius 1 is 1.35 bits per heavy atom. The van der Waals surface area contributed by atoms with E-state index in [1.54, 1.807) is 6.07 Å². The molecule has 0 aromatic carbocycles. The van der Waals surface area contributed by atoms with Crippen molar-refractivity contribution in [2.45, 2.75) is 39.0 Å². The summed E-state index contributed by atoms with van der Waals surface area (Å²) in [6.45, 7) is 9.70. The van der Waals surface area contributed by atoms with Crippen LogP contribution in [-0.4, -0.2) is 29.5 Å². The molecule has 1 fully saturated rings. The standard InChI is InChI=1S/C16H22ClN3/c1-15(2,3)12-20-9-7-16(11-18,8-10-20)13-5-4-6-14(17)19-13/h4-6H,7-10,12H2,1-3H3. The molecule has 2 rings (SSSR count). The van der Waals surface area contributed by atoms with Gasteiger partial charge in [0.05, 0.1) is 11.8 Å². The summed E-state index contributed by atoms with van der Waals surface area (Å²) in [4.78, 5) is 6.81. The maximum atomic E-state index is 9.65. The molecule has 0 aliphatic carbocycles. The van der Waals surface area contributed by atoms with Gasteiger partial charge < -0.3 is 4.90 Å². The first-order valence-corrected chi connectivity index (χ1v) is 7.49. The first kappa shape index (κ1) is 15.3. The number of halogens is 1. The van der Waals surface area contributed by atoms with Crippen LogP contribution in [0, 0.1) is 16.7 Å². The molecule has 1 aromatic rings. The molecular formula is C16H22ClN3. The Balaban J connectivity index is 2.11. The van der Waals surface area contributed by atoms with Crippen LogP contribution in [0.1, 0.15) is 39.3 Å². The second-order valence-electron chi connectivity index (χ2n) is 6.88. The van der Waals surface area contributed by atoms with E-state index in [0.717, 1.165) is 38.2 Å². The van der Waals surface area contributed by atoms with Gasteiger partial charge in [-0.2, -0.15) is 5.26 Å². The minimum atomic E-state index is -0.473. The molecule has 0 unspecified atom stereocenters. The molecule has 0 atom stereocenters. The van der Waals surface area contributed by atoms with Gasteiger partial charge in [0.2, 0.25) is 0 Å². The van der Waals surface area contributed by atoms with Gasteiger partial charge in [-0.25, -0.2) is 4.98 Å². The Kier molecular flexibility index (Phi) is 4.36. The fourth-order valence-electron chi connectivity index (χ4n) is 2.86. The van der Waals surface area contributed by atoms with E-state index in [2.05, 4.69) is 36.7 Å². The molecule has 0 bridgehead atoms. The highest BCUT2D eigenvalue weighted by atomic mass is 35.5. The smallest absolute Gasteiger partial charge is 0.129 e. The van der Waals surface area contributed by atoms with Crippen molar-refractivity contribution in [3.05, 3.63) is 29.0 Å². The van der Waals surface area contributed by atoms with E-state index < -0.39 is 5.41 Å². The van der Waals surface area contributed by atoms with Crippen LogP contribution in [0.15, 0.2) is 18.2 Å². The van der Waals surface area contributed by atoms with E-state index in [1.165, 1.54) is 0 Å². The number of hydrogen-bond donors (Lipinski definition) is 0. The van der Waals surface area contributed by atoms with Crippen LogP contribution in [0.4, 0.5) is 0 Å². The van der Waals surface area contributed by atoms with E-state index in [9.17, 15) is 5.26 Å². The largest absolute Gasteiger partial charge is 0.303 e. The lowest BCUT2D eigenvalue weighted by atomic mass is 9.76. The van der Waals surface area contributed by atoms with Gasteiger partial charge in [-0.3, -0.25) is 0 Å². The number of pyridine rings is 1. The van der Waals surface area contributed by atoms with Crippen LogP contribution in [-0.2, 0) is 5.41 Å². The SMILES string of the molecule is CC(C)(C)CN1CCC(C#N)(c2cccc(Cl)n2)CC1. The van der Waals surface area contributed by atoms with Gasteiger partial charge in [-0.15, -0.1) is 0 Å². The third kappa shape index (κ3) is 3.50. The molecule has 1 aliphatic heterocycles. The first-order valence-electron chi connectivity index (χ1n) is 7.11. The van der Waals surface area contributed by atoms with E-state index in [4.69, 9.17) is 11.6 Å². The fraction of sp³-hybridized carbons (Fsp3) is 0.625. The first-order chi connectivity index (χ1) is 9.35. The second-order valence-corrected chi connectivity index (χ2v) is 7.26. The number of nitrogens with zero attached hydrogens (tertiary/aromatic N) is 3. The van der Waals surface area contributed by atoms with Crippen molar-refractivity contribution in [3.8, 4) is 6.07 Å². The average Bonchev–Trinajstić information content (AvgIpc) is 2.38. The van der Waals surface area contributed by atoms with Crippen molar-refractivity contribution in [3.63, 3.8) is 0 Å². The summed E-state index contributed by atoms with van der Waals surface area (Å²) in [6.07, 6.45) is 1.65. The monoisotopic (exact) mass is 291 g/mol. The van der Waals surface area contributed by atoms with Crippen molar-refractivity contribution in [2.24, 2.45) is 5.41 Å². The van der Waals surface area contributed by atoms with Gasteiger partial charge >= 0.3 is 0 Å². The summed E-state index contributed by atoms with van der Waals surface area (Å²) < 4.78 is 0. The third-order valence-corrected chi connectivity index (χ3v) is 4.04. The number of piperidine rings is 1. The van der Waals surface area contributed by atoms with Gasteiger partial charge in [-0.1, -0.05) is 38.4 Å². The summed E-state index contributed by atoms with van der Waals surface area (Å²) in [5, 5.41) is 10.1. The molecule has 0 spiro atoms. The molecule has 108 valence electrons. The Bertz CT molecular complexity index is 505. The summed E-state index contributed by atoms with van der Waals surface area (Å²) in [5.74, 6) is 0. The molecule has 2 heterocycles. The number of aromatic nitrogens is 1. The van der Waals surface area contributed by atoms with Gasteiger partial charge in [-0.05, 0) is 30.4 Å². The molecular weight excluding hydrogens is 270 g/mol. The summed E-state index contributed by atoms with van der Waals surface area (Å²) in [6, 6.07) is 8.06. The number of rotatable bonds is 2. The van der Waals surface area contributed by atoms with E-state index in [1.807, 2.05) is 12.1 Å². The molecule has 0 amide bonds. The number of hydrogen-bond acceptors (Lipinski definition) is 3. The van der Waals surface area contributed by atoms with Crippen LogP contribution in [0.5, 0.6) is 0 Å². The lowest BCUT2D eigenvalue weighted by molar-refractivity contribution is 0.136. The predicted molar refractivity (Wildman–Crippen MR) is 81.7 cm³/mol. The third-order valence-electron chi connectivity index (χ3n) is 3.83. The van der Waals surface area contributed by atoms with Crippen molar-refractivity contribution in [1.29, 1.82) is 5.26 Å². The van der Waals surface area contributed by atoms with Crippen LogP contribution >= 0.6 is 11.6 Å². The van der Waals surface area contributed by atoms with Crippen molar-refractivity contribution in [1.82, 2.24) is 9.88 Å². The van der Waals surface area contributed by atoms with Crippen molar-refractivity contribution >= 4 is 11.6 Å². The molecule has 20 heavy (non-hydrogen) atoms. The van der Waals surface area contributed by atoms with Crippen LogP contribution in [0.2, 0.25) is 5.15 Å². The Morgan fingerprint density at radius 2 is 2.00 bits per heavy atom. The molecule has 1 saturated heterocycles. The van der Waals surface area contributed by atoms with E-state index >= 15 is 0 Å². The average molecular weight is 292 g/mol. The topological polar surface area (TPSA) is 39.9 Å². The summed E-state index contributed by atoms with van der Waals surface area (Å²) >= 11 is 5.97. The fourth-order valence-corrected chi connectivity index (χ4v) is 3.03. The highest BCUT2D eigenvalue weighted by molar-refractivity contribution is 6.29. The maximum absolute atomic E-state index is 9.65. The molecule has 1 aliphatic rings. The zero-order chi connectivity index (χ0) is 14.8. The molecule has 1 aromatic heterocycles. The second kappa shape index (κ2) is 5.71. The number of nitriles is 1. The van der Waals surface area contributed by atoms with Crippen LogP contribution in [0.3, 0.4) is 0 Å². The van der Waals surface area contributed by atoms with Crippen LogP contribution in [0.25, 0.3) is 0 Å². The Labute approximate surface area is 126 Å². The molecule has 0 radical (unpaired) electrons. The Hall–Kier alpha value is -1.11. The van der Waals surface area contributed by atoms with E-state index in [-0.39, 0.29) is 0 Å². The van der Waals surface area contributed by atoms with Crippen LogP contribution < -0.4 is 0 Å². The quantitative estimate of drug-likeness (QED) is 0.781. The minimum absolute atomic E-state index is 0.293. The van der Waals surface area contributed by atoms with Gasteiger partial charge in [0.25, 0.3) is 0 Å². The van der Waals surface area contributed by atoms with Gasteiger partial charge in [0.1, 0.15) is 10.6 Å². The highest BCUT2D eigenvalue weighted by Gasteiger charge is 2.38. The zero-order valence-electron chi connectivity index (χ0n) is 12.5. The summed E-state index contributed by atoms with van der Waals surface area (Å²) in [5.41, 5.74) is 0.642. The number of likely N-dealkylation sites (tertiary alicyclic amines) is 1. The molecule has 3 nitrogen and oxygen atoms in total. The highest BCUT2D eigenvalue weighted by Crippen LogP contribution is 2.35. The molecule has 0 saturated carbocycles. The zero-order valence-corrected chi connectivity index (χ0v) is 13.2. The molecule has 4 heteroatoms. The lowest BCUT2D eigenvalue weighted by Gasteiger charge is -2.39. The van der Waals surface area contributed by atoms with E-state index in [0.29, 0.717) is 10.6 Å². The van der Waals surface area contributed by atoms with Gasteiger partial charge in [0, 0.05) is 19.6 Å². The van der Waals surface area contributed by atoms with Gasteiger partial charge in [0.15, 0.2) is 0 Å². The van der Waals surface area contributed by atoms with Crippen molar-refractivity contribution in [2.75, 3.05) is 19.6 Å². The Morgan fingerprint density at radius 3 is 2.50 bits per heavy atom. The predicted octanol–water partition coefficient (Wildman–Crippen LogP) is 3.64. The normalized spacial score (nSPS) is 19.6. The lowest BCUT2D eigenvalue weighted by Crippen LogP contribution is -2.45. The van der Waals surface area contributed by atoms with Crippen molar-refractivity contribution < 1.29 is 0 Å². The molecule has 0 N–H and O–H groups in total. The summed E-state index contributed by atoms with van der Waals surface area (Å²) in [7, 11) is 0. The minimum Gasteiger partial charge on any atom is -0.303 e. The maximum Gasteiger partial charge on any atom is 0.129 e.